The molecule has 0 radical (unpaired) electrons. The molecule has 1 unspecified atom stereocenters. The normalized spacial score (nSPS) is 16.8. The summed E-state index contributed by atoms with van der Waals surface area (Å²) in [4.78, 5) is 44.4. The minimum absolute atomic E-state index is 0.0557. The van der Waals surface area contributed by atoms with Crippen molar-refractivity contribution in [3.8, 4) is 39.9 Å². The zero-order chi connectivity index (χ0) is 31.4. The predicted octanol–water partition coefficient (Wildman–Crippen LogP) is 3.41. The van der Waals surface area contributed by atoms with Crippen molar-refractivity contribution in [1.29, 1.82) is 0 Å². The van der Waals surface area contributed by atoms with E-state index in [1.807, 2.05) is 12.1 Å². The van der Waals surface area contributed by atoms with Crippen molar-refractivity contribution in [1.82, 2.24) is 23.9 Å². The number of allylic oxidation sites excluding steroid dienone is 1. The summed E-state index contributed by atoms with van der Waals surface area (Å²) in [6.45, 7) is 4.94. The molecule has 0 spiro atoms. The Morgan fingerprint density at radius 2 is 1.64 bits per heavy atom. The van der Waals surface area contributed by atoms with E-state index < -0.39 is 16.7 Å². The van der Waals surface area contributed by atoms with Crippen LogP contribution in [0.15, 0.2) is 51.7 Å². The van der Waals surface area contributed by atoms with Gasteiger partial charge in [-0.15, -0.1) is 0 Å². The van der Waals surface area contributed by atoms with E-state index in [1.165, 1.54) is 37.7 Å². The number of ketones is 1. The summed E-state index contributed by atoms with van der Waals surface area (Å²) in [5, 5.41) is 27.6. The molecule has 5 aromatic rings. The second-order valence-electron chi connectivity index (χ2n) is 11.2. The van der Waals surface area contributed by atoms with Gasteiger partial charge in [-0.2, -0.15) is 5.10 Å². The molecule has 1 atom stereocenters. The lowest BCUT2D eigenvalue weighted by Crippen LogP contribution is -2.37. The largest absolute Gasteiger partial charge is 0.507 e. The fraction of sp³-hybridized carbons (Fsp3) is 0.219. The number of aromatic hydroxyl groups is 2. The average molecular weight is 594 g/mol. The van der Waals surface area contributed by atoms with Gasteiger partial charge in [-0.1, -0.05) is 0 Å². The monoisotopic (exact) mass is 593 g/mol. The highest BCUT2D eigenvalue weighted by Crippen LogP contribution is 2.60. The molecule has 44 heavy (non-hydrogen) atoms. The molecule has 4 heterocycles. The SMILES string of the molecule is COc1ccc(-n2nc(C)c3c2C=C2Oc4c(-c5ccc6c(=O)n(C)c(=O)n(C)c6n5)c(O)c(C)c(O)c4C2(C)C3=O)cc1. The van der Waals surface area contributed by atoms with E-state index in [4.69, 9.17) is 9.47 Å². The highest BCUT2D eigenvalue weighted by atomic mass is 16.5. The number of phenolic OH excluding ortho intramolecular Hbond substituents is 2. The van der Waals surface area contributed by atoms with Crippen molar-refractivity contribution < 1.29 is 24.5 Å². The van der Waals surface area contributed by atoms with E-state index in [0.717, 1.165) is 4.57 Å². The van der Waals surface area contributed by atoms with Gasteiger partial charge in [-0.3, -0.25) is 18.7 Å². The molecular formula is C32H27N5O7. The topological polar surface area (TPSA) is 151 Å². The first-order chi connectivity index (χ1) is 20.9. The Hall–Kier alpha value is -5.65. The molecule has 0 saturated heterocycles. The van der Waals surface area contributed by atoms with Crippen LogP contribution in [0.5, 0.6) is 23.0 Å². The average Bonchev–Trinajstić information content (AvgIpc) is 3.51. The maximum Gasteiger partial charge on any atom is 0.332 e. The molecule has 2 aliphatic rings. The molecule has 0 bridgehead atoms. The van der Waals surface area contributed by atoms with E-state index in [9.17, 15) is 24.6 Å². The van der Waals surface area contributed by atoms with E-state index in [-0.39, 0.29) is 62.2 Å². The van der Waals surface area contributed by atoms with E-state index >= 15 is 0 Å². The Labute approximate surface area is 249 Å². The third kappa shape index (κ3) is 3.30. The first-order valence-electron chi connectivity index (χ1n) is 13.7. The van der Waals surface area contributed by atoms with Crippen molar-refractivity contribution in [2.45, 2.75) is 26.2 Å². The van der Waals surface area contributed by atoms with Gasteiger partial charge in [0, 0.05) is 25.7 Å². The summed E-state index contributed by atoms with van der Waals surface area (Å²) in [6, 6.07) is 10.3. The van der Waals surface area contributed by atoms with Gasteiger partial charge in [-0.25, -0.2) is 14.5 Å². The number of Topliss-reactive ketones (excluding diaryl/α,β-unsaturated/α-hetero) is 1. The number of aryl methyl sites for hydroxylation is 2. The fourth-order valence-corrected chi connectivity index (χ4v) is 6.21. The van der Waals surface area contributed by atoms with Crippen molar-refractivity contribution in [3.63, 3.8) is 0 Å². The summed E-state index contributed by atoms with van der Waals surface area (Å²) >= 11 is 0. The molecule has 7 rings (SSSR count). The number of fused-ring (bicyclic) bond motifs is 5. The first kappa shape index (κ1) is 27.2. The standard InChI is InChI=1S/C32H27N5O7/c1-14-25(38)23(19-12-11-18-29(33-19)35(4)31(42)36(5)30(18)41)27-24(26(14)39)32(3)21(44-27)13-20-22(28(32)40)15(2)34-37(20)16-7-9-17(43-6)10-8-16/h7-13,38-39H,1-6H3. The first-order valence-corrected chi connectivity index (χ1v) is 13.7. The minimum atomic E-state index is -1.45. The van der Waals surface area contributed by atoms with Crippen LogP contribution in [0.1, 0.15) is 39.8 Å². The second-order valence-corrected chi connectivity index (χ2v) is 11.2. The number of carbonyl (C=O) groups is 1. The summed E-state index contributed by atoms with van der Waals surface area (Å²) in [7, 11) is 4.45. The number of phenols is 2. The van der Waals surface area contributed by atoms with E-state index in [1.54, 1.807) is 43.8 Å². The Balaban J connectivity index is 1.47. The van der Waals surface area contributed by atoms with Gasteiger partial charge >= 0.3 is 5.69 Å². The number of rotatable bonds is 3. The van der Waals surface area contributed by atoms with Crippen LogP contribution in [0, 0.1) is 13.8 Å². The van der Waals surface area contributed by atoms with Crippen LogP contribution in [0.4, 0.5) is 0 Å². The van der Waals surface area contributed by atoms with Gasteiger partial charge in [0.05, 0.1) is 52.0 Å². The highest BCUT2D eigenvalue weighted by molar-refractivity contribution is 6.14. The quantitative estimate of drug-likeness (QED) is 0.321. The third-order valence-corrected chi connectivity index (χ3v) is 8.76. The summed E-state index contributed by atoms with van der Waals surface area (Å²) in [5.74, 6) is 0.0404. The van der Waals surface area contributed by atoms with Gasteiger partial charge in [0.2, 0.25) is 0 Å². The van der Waals surface area contributed by atoms with Crippen LogP contribution in [0.2, 0.25) is 0 Å². The summed E-state index contributed by atoms with van der Waals surface area (Å²) < 4.78 is 15.5. The molecule has 12 heteroatoms. The minimum Gasteiger partial charge on any atom is -0.507 e. The van der Waals surface area contributed by atoms with Crippen molar-refractivity contribution >= 4 is 22.9 Å². The molecule has 222 valence electrons. The Morgan fingerprint density at radius 1 is 0.932 bits per heavy atom. The summed E-state index contributed by atoms with van der Waals surface area (Å²) in [5.41, 5.74) is 0.281. The van der Waals surface area contributed by atoms with Crippen LogP contribution in [0.25, 0.3) is 34.1 Å². The molecule has 0 fully saturated rings. The number of benzene rings is 2. The number of methoxy groups -OCH3 is 1. The molecule has 3 aromatic heterocycles. The van der Waals surface area contributed by atoms with Gasteiger partial charge in [0.15, 0.2) is 5.78 Å². The lowest BCUT2D eigenvalue weighted by atomic mass is 9.71. The van der Waals surface area contributed by atoms with Crippen molar-refractivity contribution in [2.24, 2.45) is 14.1 Å². The molecule has 12 nitrogen and oxygen atoms in total. The molecule has 1 aliphatic carbocycles. The molecule has 2 aromatic carbocycles. The fourth-order valence-electron chi connectivity index (χ4n) is 6.21. The van der Waals surface area contributed by atoms with Crippen LogP contribution >= 0.6 is 0 Å². The van der Waals surface area contributed by atoms with E-state index in [2.05, 4.69) is 10.1 Å². The van der Waals surface area contributed by atoms with Crippen LogP contribution in [-0.4, -0.2) is 47.0 Å². The Morgan fingerprint density at radius 3 is 2.32 bits per heavy atom. The van der Waals surface area contributed by atoms with Crippen molar-refractivity contribution in [3.05, 3.63) is 91.1 Å². The zero-order valence-corrected chi connectivity index (χ0v) is 24.7. The molecule has 0 saturated carbocycles. The maximum absolute atomic E-state index is 14.4. The highest BCUT2D eigenvalue weighted by Gasteiger charge is 2.55. The number of carbonyl (C=O) groups excluding carboxylic acids is 1. The maximum atomic E-state index is 14.4. The van der Waals surface area contributed by atoms with Gasteiger partial charge in [0.1, 0.15) is 39.8 Å². The van der Waals surface area contributed by atoms with Gasteiger partial charge in [-0.05, 0) is 57.2 Å². The lowest BCUT2D eigenvalue weighted by molar-refractivity contribution is 0.0905. The van der Waals surface area contributed by atoms with Crippen LogP contribution < -0.4 is 20.7 Å². The van der Waals surface area contributed by atoms with E-state index in [0.29, 0.717) is 28.4 Å². The Bertz CT molecular complexity index is 2270. The molecular weight excluding hydrogens is 566 g/mol. The van der Waals surface area contributed by atoms with Crippen LogP contribution in [-0.2, 0) is 19.5 Å². The number of pyridine rings is 1. The van der Waals surface area contributed by atoms with Gasteiger partial charge in [0.25, 0.3) is 5.56 Å². The molecule has 2 N–H and O–H groups in total. The number of hydrogen-bond acceptors (Lipinski definition) is 9. The number of aromatic nitrogens is 5. The summed E-state index contributed by atoms with van der Waals surface area (Å²) in [6.07, 6.45) is 1.72. The lowest BCUT2D eigenvalue weighted by Gasteiger charge is -2.27. The predicted molar refractivity (Wildman–Crippen MR) is 161 cm³/mol. The number of ether oxygens (including phenoxy) is 2. The van der Waals surface area contributed by atoms with Gasteiger partial charge < -0.3 is 19.7 Å². The number of nitrogens with zero attached hydrogens (tertiary/aromatic N) is 5. The van der Waals surface area contributed by atoms with Crippen LogP contribution in [0.3, 0.4) is 0 Å². The second kappa shape index (κ2) is 8.93. The molecule has 0 amide bonds. The smallest absolute Gasteiger partial charge is 0.332 e. The van der Waals surface area contributed by atoms with Crippen molar-refractivity contribution in [2.75, 3.05) is 7.11 Å². The number of hydrogen-bond donors (Lipinski definition) is 2. The Kier molecular flexibility index (Phi) is 5.52. The third-order valence-electron chi connectivity index (χ3n) is 8.76. The molecule has 1 aliphatic heterocycles. The zero-order valence-electron chi connectivity index (χ0n) is 24.7.